The van der Waals surface area contributed by atoms with Crippen molar-refractivity contribution in [1.29, 1.82) is 0 Å². The second kappa shape index (κ2) is 9.58. The number of hydrogen-bond acceptors (Lipinski definition) is 4. The van der Waals surface area contributed by atoms with Gasteiger partial charge in [0, 0.05) is 16.1 Å². The van der Waals surface area contributed by atoms with Crippen LogP contribution in [0.15, 0.2) is 77.9 Å². The molecule has 0 aliphatic rings. The summed E-state index contributed by atoms with van der Waals surface area (Å²) in [5, 5.41) is 4.64. The third kappa shape index (κ3) is 5.11. The Labute approximate surface area is 168 Å². The number of halogens is 1. The Kier molecular flexibility index (Phi) is 6.65. The fourth-order valence-electron chi connectivity index (χ4n) is 2.47. The fraction of sp³-hybridized carbons (Fsp3) is 0.0909. The van der Waals surface area contributed by atoms with Gasteiger partial charge in [-0.3, -0.25) is 4.79 Å². The zero-order valence-corrected chi connectivity index (χ0v) is 16.0. The number of nitrogens with zero attached hydrogens (tertiary/aromatic N) is 1. The Morgan fingerprint density at radius 2 is 1.79 bits per heavy atom. The van der Waals surface area contributed by atoms with Crippen LogP contribution in [0.1, 0.15) is 21.5 Å². The van der Waals surface area contributed by atoms with E-state index in [1.54, 1.807) is 49.7 Å². The summed E-state index contributed by atoms with van der Waals surface area (Å²) in [5.41, 5.74) is 4.69. The van der Waals surface area contributed by atoms with Crippen molar-refractivity contribution in [3.05, 3.63) is 94.5 Å². The van der Waals surface area contributed by atoms with Gasteiger partial charge in [0.2, 0.25) is 0 Å². The Morgan fingerprint density at radius 1 is 1.04 bits per heavy atom. The van der Waals surface area contributed by atoms with Crippen LogP contribution in [0.2, 0.25) is 5.02 Å². The molecule has 0 radical (unpaired) electrons. The van der Waals surface area contributed by atoms with Crippen LogP contribution in [0.4, 0.5) is 0 Å². The number of hydrazone groups is 1. The van der Waals surface area contributed by atoms with E-state index in [0.717, 1.165) is 11.1 Å². The van der Waals surface area contributed by atoms with E-state index >= 15 is 0 Å². The maximum Gasteiger partial charge on any atom is 0.271 e. The number of amides is 1. The SMILES string of the molecule is COc1cc(/C=N/NC(=O)c2ccccc2)ccc1OCc1ccccc1Cl. The highest BCUT2D eigenvalue weighted by Gasteiger charge is 2.07. The van der Waals surface area contributed by atoms with E-state index in [1.807, 2.05) is 36.4 Å². The third-order valence-electron chi connectivity index (χ3n) is 3.94. The molecule has 3 aromatic carbocycles. The van der Waals surface area contributed by atoms with Gasteiger partial charge in [-0.05, 0) is 42.0 Å². The molecule has 0 fully saturated rings. The van der Waals surface area contributed by atoms with Crippen LogP contribution < -0.4 is 14.9 Å². The lowest BCUT2D eigenvalue weighted by Crippen LogP contribution is -2.17. The monoisotopic (exact) mass is 394 g/mol. The molecule has 0 heterocycles. The summed E-state index contributed by atoms with van der Waals surface area (Å²) in [6.07, 6.45) is 1.54. The third-order valence-corrected chi connectivity index (χ3v) is 4.31. The molecule has 0 spiro atoms. The predicted octanol–water partition coefficient (Wildman–Crippen LogP) is 4.69. The van der Waals surface area contributed by atoms with Crippen molar-refractivity contribution in [2.45, 2.75) is 6.61 Å². The summed E-state index contributed by atoms with van der Waals surface area (Å²) in [6, 6.07) is 21.8. The van der Waals surface area contributed by atoms with Crippen LogP contribution in [-0.4, -0.2) is 19.2 Å². The van der Waals surface area contributed by atoms with Crippen LogP contribution in [0.3, 0.4) is 0 Å². The molecule has 0 bridgehead atoms. The van der Waals surface area contributed by atoms with Crippen molar-refractivity contribution in [3.8, 4) is 11.5 Å². The van der Waals surface area contributed by atoms with Gasteiger partial charge in [-0.1, -0.05) is 48.0 Å². The summed E-state index contributed by atoms with van der Waals surface area (Å²) in [7, 11) is 1.57. The summed E-state index contributed by atoms with van der Waals surface area (Å²) >= 11 is 6.15. The number of nitrogens with one attached hydrogen (secondary N) is 1. The lowest BCUT2D eigenvalue weighted by Gasteiger charge is -2.12. The standard InChI is InChI=1S/C22H19ClN2O3/c1-27-21-13-16(14-24-25-22(26)17-7-3-2-4-8-17)11-12-20(21)28-15-18-9-5-6-10-19(18)23/h2-14H,15H2,1H3,(H,25,26)/b24-14+. The van der Waals surface area contributed by atoms with E-state index in [1.165, 1.54) is 0 Å². The number of methoxy groups -OCH3 is 1. The minimum Gasteiger partial charge on any atom is -0.493 e. The highest BCUT2D eigenvalue weighted by Crippen LogP contribution is 2.29. The molecule has 1 N–H and O–H groups in total. The van der Waals surface area contributed by atoms with Crippen molar-refractivity contribution in [3.63, 3.8) is 0 Å². The number of rotatable bonds is 7. The Balaban J connectivity index is 1.64. The zero-order chi connectivity index (χ0) is 19.8. The van der Waals surface area contributed by atoms with Crippen molar-refractivity contribution in [2.75, 3.05) is 7.11 Å². The molecule has 0 aliphatic heterocycles. The van der Waals surface area contributed by atoms with Crippen LogP contribution in [0.5, 0.6) is 11.5 Å². The number of hydrogen-bond donors (Lipinski definition) is 1. The normalized spacial score (nSPS) is 10.6. The minimum atomic E-state index is -0.275. The lowest BCUT2D eigenvalue weighted by atomic mass is 10.2. The Morgan fingerprint density at radius 3 is 2.54 bits per heavy atom. The molecule has 0 saturated carbocycles. The van der Waals surface area contributed by atoms with Gasteiger partial charge >= 0.3 is 0 Å². The molecule has 0 atom stereocenters. The van der Waals surface area contributed by atoms with Crippen molar-refractivity contribution in [2.24, 2.45) is 5.10 Å². The highest BCUT2D eigenvalue weighted by atomic mass is 35.5. The molecule has 5 nitrogen and oxygen atoms in total. The van der Waals surface area contributed by atoms with Gasteiger partial charge in [0.15, 0.2) is 11.5 Å². The second-order valence-electron chi connectivity index (χ2n) is 5.86. The summed E-state index contributed by atoms with van der Waals surface area (Å²) in [5.74, 6) is 0.877. The van der Waals surface area contributed by atoms with Gasteiger partial charge in [0.1, 0.15) is 6.61 Å². The molecule has 3 aromatic rings. The molecule has 1 amide bonds. The first-order chi connectivity index (χ1) is 13.7. The minimum absolute atomic E-state index is 0.275. The maximum absolute atomic E-state index is 12.0. The number of ether oxygens (including phenoxy) is 2. The quantitative estimate of drug-likeness (QED) is 0.467. The molecule has 0 aliphatic carbocycles. The molecular weight excluding hydrogens is 376 g/mol. The number of carbonyl (C=O) groups excluding carboxylic acids is 1. The first-order valence-electron chi connectivity index (χ1n) is 8.60. The molecular formula is C22H19ClN2O3. The predicted molar refractivity (Wildman–Crippen MR) is 110 cm³/mol. The molecule has 6 heteroatoms. The van der Waals surface area contributed by atoms with Gasteiger partial charge in [-0.15, -0.1) is 0 Å². The average Bonchev–Trinajstić information content (AvgIpc) is 2.74. The summed E-state index contributed by atoms with van der Waals surface area (Å²) < 4.78 is 11.2. The largest absolute Gasteiger partial charge is 0.493 e. The molecule has 0 aromatic heterocycles. The van der Waals surface area contributed by atoms with Crippen molar-refractivity contribution < 1.29 is 14.3 Å². The van der Waals surface area contributed by atoms with Gasteiger partial charge in [0.05, 0.1) is 13.3 Å². The molecule has 0 unspecified atom stereocenters. The smallest absolute Gasteiger partial charge is 0.271 e. The molecule has 142 valence electrons. The molecule has 0 saturated heterocycles. The van der Waals surface area contributed by atoms with Gasteiger partial charge in [-0.25, -0.2) is 5.43 Å². The van der Waals surface area contributed by atoms with Gasteiger partial charge in [0.25, 0.3) is 5.91 Å². The Bertz CT molecular complexity index is 975. The second-order valence-corrected chi connectivity index (χ2v) is 6.26. The highest BCUT2D eigenvalue weighted by molar-refractivity contribution is 6.31. The van der Waals surface area contributed by atoms with Crippen LogP contribution in [0, 0.1) is 0 Å². The fourth-order valence-corrected chi connectivity index (χ4v) is 2.66. The van der Waals surface area contributed by atoms with Gasteiger partial charge in [-0.2, -0.15) is 5.10 Å². The van der Waals surface area contributed by atoms with Crippen LogP contribution in [-0.2, 0) is 6.61 Å². The lowest BCUT2D eigenvalue weighted by molar-refractivity contribution is 0.0955. The summed E-state index contributed by atoms with van der Waals surface area (Å²) in [4.78, 5) is 12.0. The Hall–Kier alpha value is -3.31. The average molecular weight is 395 g/mol. The zero-order valence-electron chi connectivity index (χ0n) is 15.3. The molecule has 3 rings (SSSR count). The van der Waals surface area contributed by atoms with E-state index in [-0.39, 0.29) is 5.91 Å². The van der Waals surface area contributed by atoms with Crippen molar-refractivity contribution >= 4 is 23.7 Å². The van der Waals surface area contributed by atoms with E-state index in [4.69, 9.17) is 21.1 Å². The molecule has 28 heavy (non-hydrogen) atoms. The topological polar surface area (TPSA) is 59.9 Å². The van der Waals surface area contributed by atoms with E-state index < -0.39 is 0 Å². The first kappa shape index (κ1) is 19.5. The van der Waals surface area contributed by atoms with Crippen molar-refractivity contribution in [1.82, 2.24) is 5.43 Å². The first-order valence-corrected chi connectivity index (χ1v) is 8.98. The number of benzene rings is 3. The van der Waals surface area contributed by atoms with Crippen LogP contribution >= 0.6 is 11.6 Å². The van der Waals surface area contributed by atoms with E-state index in [2.05, 4.69) is 10.5 Å². The summed E-state index contributed by atoms with van der Waals surface area (Å²) in [6.45, 7) is 0.330. The number of carbonyl (C=O) groups is 1. The van der Waals surface area contributed by atoms with E-state index in [0.29, 0.717) is 28.7 Å². The van der Waals surface area contributed by atoms with Gasteiger partial charge < -0.3 is 9.47 Å². The van der Waals surface area contributed by atoms with E-state index in [9.17, 15) is 4.79 Å². The van der Waals surface area contributed by atoms with Crippen LogP contribution in [0.25, 0.3) is 0 Å². The maximum atomic E-state index is 12.0.